The minimum atomic E-state index is -0.340. The van der Waals surface area contributed by atoms with Crippen LogP contribution in [0.3, 0.4) is 0 Å². The highest BCUT2D eigenvalue weighted by molar-refractivity contribution is 6.33. The van der Waals surface area contributed by atoms with Gasteiger partial charge >= 0.3 is 0 Å². The van der Waals surface area contributed by atoms with Crippen molar-refractivity contribution < 1.29 is 9.94 Å². The van der Waals surface area contributed by atoms with E-state index < -0.39 is 0 Å². The molecule has 1 atom stereocenters. The lowest BCUT2D eigenvalue weighted by molar-refractivity contribution is 0.0348. The maximum Gasteiger partial charge on any atom is 0.211 e. The molecular formula is C9H8ClN5O2. The van der Waals surface area contributed by atoms with Crippen molar-refractivity contribution >= 4 is 28.5 Å². The SMILES string of the molecule is OCC1=NO[C@H](n2cnc3c(Cl)ncnc32)C1. The first-order chi connectivity index (χ1) is 8.29. The van der Waals surface area contributed by atoms with Crippen molar-refractivity contribution in [3.8, 4) is 0 Å². The fourth-order valence-corrected chi connectivity index (χ4v) is 1.87. The predicted octanol–water partition coefficient (Wildman–Crippen LogP) is 0.747. The van der Waals surface area contributed by atoms with Gasteiger partial charge in [-0.25, -0.2) is 15.0 Å². The standard InChI is InChI=1S/C9H8ClN5O2/c10-8-7-9(12-3-11-8)15(4-13-7)6-1-5(2-16)14-17-6/h3-4,6,16H,1-2H2/t6-/m0/s1. The van der Waals surface area contributed by atoms with Crippen molar-refractivity contribution in [2.75, 3.05) is 6.61 Å². The number of aliphatic hydroxyl groups is 1. The molecule has 0 saturated carbocycles. The molecule has 0 aliphatic carbocycles. The third-order valence-corrected chi connectivity index (χ3v) is 2.80. The number of hydrogen-bond acceptors (Lipinski definition) is 6. The summed E-state index contributed by atoms with van der Waals surface area (Å²) in [4.78, 5) is 17.3. The number of fused-ring (bicyclic) bond motifs is 1. The summed E-state index contributed by atoms with van der Waals surface area (Å²) in [5.74, 6) is 0. The summed E-state index contributed by atoms with van der Waals surface area (Å²) < 4.78 is 1.72. The molecule has 2 aromatic heterocycles. The Kier molecular flexibility index (Phi) is 2.41. The topological polar surface area (TPSA) is 85.4 Å². The zero-order valence-corrected chi connectivity index (χ0v) is 9.37. The maximum absolute atomic E-state index is 8.96. The van der Waals surface area contributed by atoms with Gasteiger partial charge in [0.25, 0.3) is 0 Å². The van der Waals surface area contributed by atoms with E-state index >= 15 is 0 Å². The summed E-state index contributed by atoms with van der Waals surface area (Å²) in [6, 6.07) is 0. The van der Waals surface area contributed by atoms with Gasteiger partial charge in [-0.1, -0.05) is 16.8 Å². The zero-order valence-electron chi connectivity index (χ0n) is 8.62. The Morgan fingerprint density at radius 2 is 2.35 bits per heavy atom. The van der Waals surface area contributed by atoms with E-state index in [1.807, 2.05) is 0 Å². The molecule has 0 radical (unpaired) electrons. The van der Waals surface area contributed by atoms with Gasteiger partial charge in [-0.15, -0.1) is 0 Å². The third kappa shape index (κ3) is 1.63. The van der Waals surface area contributed by atoms with Crippen LogP contribution in [0.4, 0.5) is 0 Å². The van der Waals surface area contributed by atoms with Crippen LogP contribution in [-0.4, -0.2) is 36.9 Å². The van der Waals surface area contributed by atoms with Crippen LogP contribution in [0.25, 0.3) is 11.2 Å². The highest BCUT2D eigenvalue weighted by Gasteiger charge is 2.24. The van der Waals surface area contributed by atoms with Crippen LogP contribution in [0.5, 0.6) is 0 Å². The normalized spacial score (nSPS) is 19.4. The smallest absolute Gasteiger partial charge is 0.211 e. The maximum atomic E-state index is 8.96. The number of aromatic nitrogens is 4. The molecule has 0 aromatic carbocycles. The molecule has 0 bridgehead atoms. The second kappa shape index (κ2) is 3.94. The number of nitrogens with zero attached hydrogens (tertiary/aromatic N) is 5. The van der Waals surface area contributed by atoms with Crippen molar-refractivity contribution in [3.63, 3.8) is 0 Å². The second-order valence-electron chi connectivity index (χ2n) is 3.57. The molecule has 0 saturated heterocycles. The third-order valence-electron chi connectivity index (χ3n) is 2.52. The van der Waals surface area contributed by atoms with Crippen LogP contribution in [0.1, 0.15) is 12.6 Å². The summed E-state index contributed by atoms with van der Waals surface area (Å²) in [6.07, 6.45) is 3.11. The fraction of sp³-hybridized carbons (Fsp3) is 0.333. The Morgan fingerprint density at radius 3 is 3.12 bits per heavy atom. The summed E-state index contributed by atoms with van der Waals surface area (Å²) in [5, 5.41) is 13.0. The molecule has 3 rings (SSSR count). The Labute approximate surface area is 101 Å². The van der Waals surface area contributed by atoms with Crippen molar-refractivity contribution in [1.29, 1.82) is 0 Å². The molecule has 2 aromatic rings. The first-order valence-corrected chi connectivity index (χ1v) is 5.33. The van der Waals surface area contributed by atoms with Crippen molar-refractivity contribution in [1.82, 2.24) is 19.5 Å². The van der Waals surface area contributed by atoms with Crippen molar-refractivity contribution in [3.05, 3.63) is 17.8 Å². The van der Waals surface area contributed by atoms with E-state index in [2.05, 4.69) is 20.1 Å². The monoisotopic (exact) mass is 253 g/mol. The first-order valence-electron chi connectivity index (χ1n) is 4.95. The minimum absolute atomic E-state index is 0.112. The van der Waals surface area contributed by atoms with E-state index in [1.165, 1.54) is 6.33 Å². The fourth-order valence-electron chi connectivity index (χ4n) is 1.69. The van der Waals surface area contributed by atoms with Crippen LogP contribution in [0, 0.1) is 0 Å². The molecule has 17 heavy (non-hydrogen) atoms. The molecule has 0 unspecified atom stereocenters. The van der Waals surface area contributed by atoms with Crippen LogP contribution in [0.2, 0.25) is 5.15 Å². The lowest BCUT2D eigenvalue weighted by atomic mass is 10.2. The highest BCUT2D eigenvalue weighted by atomic mass is 35.5. The molecule has 0 spiro atoms. The first kappa shape index (κ1) is 10.4. The molecule has 1 N–H and O–H groups in total. The Morgan fingerprint density at radius 1 is 1.47 bits per heavy atom. The molecule has 8 heteroatoms. The van der Waals surface area contributed by atoms with Crippen LogP contribution < -0.4 is 0 Å². The van der Waals surface area contributed by atoms with E-state index in [0.29, 0.717) is 28.4 Å². The zero-order chi connectivity index (χ0) is 11.8. The van der Waals surface area contributed by atoms with Crippen LogP contribution >= 0.6 is 11.6 Å². The summed E-state index contributed by atoms with van der Waals surface area (Å²) >= 11 is 5.90. The summed E-state index contributed by atoms with van der Waals surface area (Å²) in [7, 11) is 0. The van der Waals surface area contributed by atoms with Gasteiger partial charge in [0.15, 0.2) is 10.8 Å². The number of aliphatic hydroxyl groups excluding tert-OH is 1. The molecule has 1 aliphatic rings. The van der Waals surface area contributed by atoms with E-state index in [9.17, 15) is 0 Å². The molecule has 7 nitrogen and oxygen atoms in total. The van der Waals surface area contributed by atoms with Crippen molar-refractivity contribution in [2.45, 2.75) is 12.6 Å². The van der Waals surface area contributed by atoms with Crippen LogP contribution in [-0.2, 0) is 4.84 Å². The van der Waals surface area contributed by atoms with Gasteiger partial charge in [0.05, 0.1) is 18.7 Å². The van der Waals surface area contributed by atoms with Crippen LogP contribution in [0.15, 0.2) is 17.8 Å². The minimum Gasteiger partial charge on any atom is -0.390 e. The molecule has 88 valence electrons. The van der Waals surface area contributed by atoms with E-state index in [4.69, 9.17) is 21.5 Å². The van der Waals surface area contributed by atoms with Gasteiger partial charge in [0.2, 0.25) is 6.23 Å². The van der Waals surface area contributed by atoms with E-state index in [-0.39, 0.29) is 12.8 Å². The average Bonchev–Trinajstić information content (AvgIpc) is 2.94. The Hall–Kier alpha value is -1.73. The lowest BCUT2D eigenvalue weighted by Gasteiger charge is -2.09. The molecular weight excluding hydrogens is 246 g/mol. The lowest BCUT2D eigenvalue weighted by Crippen LogP contribution is -2.10. The molecule has 1 aliphatic heterocycles. The molecule has 0 fully saturated rings. The Bertz CT molecular complexity index is 596. The van der Waals surface area contributed by atoms with Gasteiger partial charge in [0.1, 0.15) is 18.2 Å². The van der Waals surface area contributed by atoms with Gasteiger partial charge in [-0.2, -0.15) is 0 Å². The number of hydrogen-bond donors (Lipinski definition) is 1. The highest BCUT2D eigenvalue weighted by Crippen LogP contribution is 2.26. The van der Waals surface area contributed by atoms with E-state index in [1.54, 1.807) is 10.9 Å². The van der Waals surface area contributed by atoms with E-state index in [0.717, 1.165) is 0 Å². The average molecular weight is 254 g/mol. The number of rotatable bonds is 2. The van der Waals surface area contributed by atoms with Gasteiger partial charge in [0, 0.05) is 0 Å². The molecule has 0 amide bonds. The number of halogens is 1. The number of imidazole rings is 1. The predicted molar refractivity (Wildman–Crippen MR) is 59.6 cm³/mol. The quantitative estimate of drug-likeness (QED) is 0.798. The van der Waals surface area contributed by atoms with Gasteiger partial charge in [-0.3, -0.25) is 4.57 Å². The van der Waals surface area contributed by atoms with Crippen molar-refractivity contribution in [2.24, 2.45) is 5.16 Å². The Balaban J connectivity index is 2.00. The summed E-state index contributed by atoms with van der Waals surface area (Å²) in [5.41, 5.74) is 1.71. The van der Waals surface area contributed by atoms with Gasteiger partial charge < -0.3 is 9.94 Å². The molecule has 3 heterocycles. The number of oxime groups is 1. The summed E-state index contributed by atoms with van der Waals surface area (Å²) in [6.45, 7) is -0.112. The second-order valence-corrected chi connectivity index (χ2v) is 3.93. The van der Waals surface area contributed by atoms with Gasteiger partial charge in [-0.05, 0) is 0 Å². The largest absolute Gasteiger partial charge is 0.390 e.